The number of anilines is 1. The Hall–Kier alpha value is -1.94. The van der Waals surface area contributed by atoms with E-state index in [-0.39, 0.29) is 42.2 Å². The Bertz CT molecular complexity index is 809. The van der Waals surface area contributed by atoms with Crippen LogP contribution in [-0.4, -0.2) is 51.2 Å². The van der Waals surface area contributed by atoms with Gasteiger partial charge in [0.15, 0.2) is 5.96 Å². The highest BCUT2D eigenvalue weighted by atomic mass is 127. The van der Waals surface area contributed by atoms with Crippen LogP contribution >= 0.6 is 24.0 Å². The zero-order valence-electron chi connectivity index (χ0n) is 16.7. The van der Waals surface area contributed by atoms with Gasteiger partial charge in [-0.1, -0.05) is 6.07 Å². The number of methoxy groups -OCH3 is 1. The van der Waals surface area contributed by atoms with Crippen molar-refractivity contribution in [3.8, 4) is 0 Å². The second-order valence-electron chi connectivity index (χ2n) is 6.71. The molecule has 2 aromatic rings. The van der Waals surface area contributed by atoms with Crippen LogP contribution in [0.25, 0.3) is 0 Å². The van der Waals surface area contributed by atoms with Gasteiger partial charge in [-0.3, -0.25) is 4.99 Å². The van der Waals surface area contributed by atoms with E-state index in [4.69, 9.17) is 4.74 Å². The maximum absolute atomic E-state index is 13.8. The van der Waals surface area contributed by atoms with Crippen molar-refractivity contribution in [1.82, 2.24) is 10.2 Å². The third-order valence-corrected chi connectivity index (χ3v) is 4.84. The lowest BCUT2D eigenvalue weighted by Crippen LogP contribution is -2.52. The third-order valence-electron chi connectivity index (χ3n) is 4.84. The van der Waals surface area contributed by atoms with Crippen molar-refractivity contribution in [1.29, 1.82) is 0 Å². The molecule has 1 saturated heterocycles. The summed E-state index contributed by atoms with van der Waals surface area (Å²) in [6.45, 7) is 4.11. The predicted octanol–water partition coefficient (Wildman–Crippen LogP) is 3.63. The van der Waals surface area contributed by atoms with Gasteiger partial charge >= 0.3 is 0 Å². The van der Waals surface area contributed by atoms with E-state index >= 15 is 0 Å². The molecule has 5 nitrogen and oxygen atoms in total. The predicted molar refractivity (Wildman–Crippen MR) is 123 cm³/mol. The summed E-state index contributed by atoms with van der Waals surface area (Å²) in [5, 5.41) is 3.35. The van der Waals surface area contributed by atoms with Crippen LogP contribution in [0.4, 0.5) is 14.5 Å². The number of rotatable bonds is 5. The van der Waals surface area contributed by atoms with Crippen molar-refractivity contribution >= 4 is 35.6 Å². The summed E-state index contributed by atoms with van der Waals surface area (Å²) in [7, 11) is 3.31. The largest absolute Gasteiger partial charge is 0.380 e. The van der Waals surface area contributed by atoms with Crippen molar-refractivity contribution in [2.24, 2.45) is 4.99 Å². The molecule has 0 unspecified atom stereocenters. The number of hydrogen-bond donors (Lipinski definition) is 1. The molecule has 0 amide bonds. The van der Waals surface area contributed by atoms with Gasteiger partial charge in [0.25, 0.3) is 0 Å². The first kappa shape index (κ1) is 23.3. The fraction of sp³-hybridized carbons (Fsp3) is 0.381. The second-order valence-corrected chi connectivity index (χ2v) is 6.71. The molecule has 0 aliphatic carbocycles. The minimum atomic E-state index is -0.258. The molecule has 0 saturated carbocycles. The topological polar surface area (TPSA) is 40.1 Å². The minimum Gasteiger partial charge on any atom is -0.380 e. The van der Waals surface area contributed by atoms with Crippen LogP contribution in [0.15, 0.2) is 47.5 Å². The first-order valence-electron chi connectivity index (χ1n) is 9.33. The summed E-state index contributed by atoms with van der Waals surface area (Å²) in [6.07, 6.45) is 0. The van der Waals surface area contributed by atoms with E-state index in [0.717, 1.165) is 43.4 Å². The van der Waals surface area contributed by atoms with Crippen LogP contribution in [0, 0.1) is 11.6 Å². The summed E-state index contributed by atoms with van der Waals surface area (Å²) in [6, 6.07) is 11.6. The Morgan fingerprint density at radius 3 is 2.38 bits per heavy atom. The molecule has 3 rings (SSSR count). The molecule has 1 fully saturated rings. The second kappa shape index (κ2) is 11.3. The van der Waals surface area contributed by atoms with Crippen LogP contribution < -0.4 is 10.2 Å². The number of hydrogen-bond acceptors (Lipinski definition) is 3. The van der Waals surface area contributed by atoms with Gasteiger partial charge in [-0.15, -0.1) is 24.0 Å². The quantitative estimate of drug-likeness (QED) is 0.375. The molecule has 0 aromatic heterocycles. The highest BCUT2D eigenvalue weighted by Gasteiger charge is 2.20. The molecule has 0 atom stereocenters. The number of ether oxygens (including phenoxy) is 1. The molecule has 2 aromatic carbocycles. The summed E-state index contributed by atoms with van der Waals surface area (Å²) < 4.78 is 31.9. The Labute approximate surface area is 187 Å². The van der Waals surface area contributed by atoms with Crippen molar-refractivity contribution in [3.05, 3.63) is 65.2 Å². The standard InChI is InChI=1S/C21H26F2N4O.HI/c1-24-21(25-14-16-3-8-20(23)17(13-16)15-28-2)27-11-9-26(10-12-27)19-6-4-18(22)5-7-19;/h3-8,13H,9-12,14-15H2,1-2H3,(H,24,25);1H. The van der Waals surface area contributed by atoms with Gasteiger partial charge in [0.1, 0.15) is 11.6 Å². The number of piperazine rings is 1. The molecule has 158 valence electrons. The average molecular weight is 516 g/mol. The highest BCUT2D eigenvalue weighted by molar-refractivity contribution is 14.0. The Morgan fingerprint density at radius 2 is 1.76 bits per heavy atom. The van der Waals surface area contributed by atoms with Gasteiger partial charge in [0.2, 0.25) is 0 Å². The van der Waals surface area contributed by atoms with Crippen LogP contribution in [0.2, 0.25) is 0 Å². The summed E-state index contributed by atoms with van der Waals surface area (Å²) in [5.74, 6) is 0.338. The van der Waals surface area contributed by atoms with Crippen LogP contribution in [0.3, 0.4) is 0 Å². The van der Waals surface area contributed by atoms with Crippen LogP contribution in [0.1, 0.15) is 11.1 Å². The highest BCUT2D eigenvalue weighted by Crippen LogP contribution is 2.17. The first-order chi connectivity index (χ1) is 13.6. The molecule has 0 bridgehead atoms. The lowest BCUT2D eigenvalue weighted by Gasteiger charge is -2.37. The van der Waals surface area contributed by atoms with Crippen molar-refractivity contribution in [3.63, 3.8) is 0 Å². The Balaban J connectivity index is 0.00000300. The number of halogens is 3. The van der Waals surface area contributed by atoms with Gasteiger partial charge in [0, 0.05) is 58.1 Å². The Kier molecular flexibility index (Phi) is 9.09. The number of guanidine groups is 1. The third kappa shape index (κ3) is 6.27. The number of nitrogens with one attached hydrogen (secondary N) is 1. The monoisotopic (exact) mass is 516 g/mol. The van der Waals surface area contributed by atoms with Crippen LogP contribution in [-0.2, 0) is 17.9 Å². The number of nitrogens with zero attached hydrogens (tertiary/aromatic N) is 3. The molecule has 8 heteroatoms. The van der Waals surface area contributed by atoms with E-state index in [9.17, 15) is 8.78 Å². The molecule has 1 heterocycles. The van der Waals surface area contributed by atoms with Gasteiger partial charge in [-0.05, 0) is 42.0 Å². The number of benzene rings is 2. The van der Waals surface area contributed by atoms with Crippen molar-refractivity contribution in [2.45, 2.75) is 13.2 Å². The molecule has 0 spiro atoms. The van der Waals surface area contributed by atoms with E-state index in [1.165, 1.54) is 18.2 Å². The van der Waals surface area contributed by atoms with E-state index in [2.05, 4.69) is 20.1 Å². The fourth-order valence-electron chi connectivity index (χ4n) is 3.35. The van der Waals surface area contributed by atoms with Gasteiger partial charge in [-0.2, -0.15) is 0 Å². The zero-order valence-corrected chi connectivity index (χ0v) is 19.0. The average Bonchev–Trinajstić information content (AvgIpc) is 2.72. The SMILES string of the molecule is CN=C(NCc1ccc(F)c(COC)c1)N1CCN(c2ccc(F)cc2)CC1.I. The van der Waals surface area contributed by atoms with Crippen molar-refractivity contribution in [2.75, 3.05) is 45.2 Å². The van der Waals surface area contributed by atoms with E-state index in [0.29, 0.717) is 12.1 Å². The molecular formula is C21H27F2IN4O. The van der Waals surface area contributed by atoms with Crippen LogP contribution in [0.5, 0.6) is 0 Å². The molecule has 1 N–H and O–H groups in total. The van der Waals surface area contributed by atoms with Gasteiger partial charge in [0.05, 0.1) is 6.61 Å². The summed E-state index contributed by atoms with van der Waals surface area (Å²) >= 11 is 0. The lowest BCUT2D eigenvalue weighted by molar-refractivity contribution is 0.181. The molecule has 1 aliphatic rings. The van der Waals surface area contributed by atoms with Crippen molar-refractivity contribution < 1.29 is 13.5 Å². The first-order valence-corrected chi connectivity index (χ1v) is 9.33. The number of aliphatic imine (C=N–C) groups is 1. The lowest BCUT2D eigenvalue weighted by atomic mass is 10.1. The molecular weight excluding hydrogens is 489 g/mol. The maximum Gasteiger partial charge on any atom is 0.194 e. The van der Waals surface area contributed by atoms with Gasteiger partial charge in [-0.25, -0.2) is 8.78 Å². The van der Waals surface area contributed by atoms with Gasteiger partial charge < -0.3 is 19.9 Å². The molecule has 0 radical (unpaired) electrons. The minimum absolute atomic E-state index is 0. The summed E-state index contributed by atoms with van der Waals surface area (Å²) in [5.41, 5.74) is 2.55. The normalized spacial score (nSPS) is 14.6. The van der Waals surface area contributed by atoms with E-state index < -0.39 is 0 Å². The maximum atomic E-state index is 13.8. The van der Waals surface area contributed by atoms with E-state index in [1.807, 2.05) is 18.2 Å². The molecule has 1 aliphatic heterocycles. The fourth-order valence-corrected chi connectivity index (χ4v) is 3.35. The zero-order chi connectivity index (χ0) is 19.9. The Morgan fingerprint density at radius 1 is 1.07 bits per heavy atom. The molecule has 29 heavy (non-hydrogen) atoms. The summed E-state index contributed by atoms with van der Waals surface area (Å²) in [4.78, 5) is 8.81. The van der Waals surface area contributed by atoms with E-state index in [1.54, 1.807) is 20.2 Å². The smallest absolute Gasteiger partial charge is 0.194 e.